The van der Waals surface area contributed by atoms with E-state index in [-0.39, 0.29) is 0 Å². The number of hydrogen-bond acceptors (Lipinski definition) is 4. The lowest BCUT2D eigenvalue weighted by atomic mass is 9.94. The van der Waals surface area contributed by atoms with Crippen molar-refractivity contribution >= 4 is 74.1 Å². The Bertz CT molecular complexity index is 3040. The minimum absolute atomic E-state index is 0.606. The van der Waals surface area contributed by atoms with E-state index in [1.807, 2.05) is 22.7 Å². The van der Waals surface area contributed by atoms with Crippen LogP contribution in [-0.2, 0) is 0 Å². The van der Waals surface area contributed by atoms with Crippen LogP contribution in [0.15, 0.2) is 180 Å². The summed E-state index contributed by atoms with van der Waals surface area (Å²) in [6.07, 6.45) is 0. The first kappa shape index (κ1) is 30.3. The second-order valence-corrected chi connectivity index (χ2v) is 15.7. The second-order valence-electron chi connectivity index (χ2n) is 13.5. The Balaban J connectivity index is 1.14. The average Bonchev–Trinajstić information content (AvgIpc) is 3.94. The SMILES string of the molecule is c1ccc(-c2cc(-c3ccccc3)c3nc(-c4cc(-c5ccc6sc7ccccc7c6c5)cc(-c5ccc6sc7ccccc7c6c5)c4)oc3c2)cc1. The van der Waals surface area contributed by atoms with Gasteiger partial charge in [0.05, 0.1) is 0 Å². The van der Waals surface area contributed by atoms with Gasteiger partial charge in [0.15, 0.2) is 5.58 Å². The largest absolute Gasteiger partial charge is 0.436 e. The van der Waals surface area contributed by atoms with E-state index in [1.165, 1.54) is 51.5 Å². The van der Waals surface area contributed by atoms with Crippen molar-refractivity contribution in [3.63, 3.8) is 0 Å². The number of hydrogen-bond donors (Lipinski definition) is 0. The molecule has 0 saturated heterocycles. The molecule has 0 radical (unpaired) electrons. The number of rotatable bonds is 5. The highest BCUT2D eigenvalue weighted by Gasteiger charge is 2.18. The Morgan fingerprint density at radius 3 is 1.43 bits per heavy atom. The van der Waals surface area contributed by atoms with Gasteiger partial charge in [-0.1, -0.05) is 109 Å². The zero-order chi connectivity index (χ0) is 34.9. The van der Waals surface area contributed by atoms with Crippen molar-refractivity contribution in [1.29, 1.82) is 0 Å². The van der Waals surface area contributed by atoms with Gasteiger partial charge in [-0.25, -0.2) is 4.98 Å². The van der Waals surface area contributed by atoms with E-state index < -0.39 is 0 Å². The van der Waals surface area contributed by atoms with Crippen LogP contribution in [0.25, 0.3) is 107 Å². The molecule has 0 unspecified atom stereocenters. The summed E-state index contributed by atoms with van der Waals surface area (Å²) in [4.78, 5) is 5.27. The second kappa shape index (κ2) is 12.1. The summed E-state index contributed by atoms with van der Waals surface area (Å²) in [6.45, 7) is 0. The molecule has 0 aliphatic rings. The summed E-state index contributed by atoms with van der Waals surface area (Å²) in [6, 6.07) is 63.3. The summed E-state index contributed by atoms with van der Waals surface area (Å²) >= 11 is 3.69. The lowest BCUT2D eigenvalue weighted by molar-refractivity contribution is 0.620. The highest BCUT2D eigenvalue weighted by atomic mass is 32.1. The average molecular weight is 712 g/mol. The minimum atomic E-state index is 0.606. The first-order valence-electron chi connectivity index (χ1n) is 17.8. The number of thiophene rings is 2. The van der Waals surface area contributed by atoms with Gasteiger partial charge in [0, 0.05) is 51.5 Å². The van der Waals surface area contributed by atoms with Crippen molar-refractivity contribution < 1.29 is 4.42 Å². The molecule has 3 aromatic heterocycles. The smallest absolute Gasteiger partial charge is 0.227 e. The fraction of sp³-hybridized carbons (Fsp3) is 0. The normalized spacial score (nSPS) is 11.8. The van der Waals surface area contributed by atoms with Crippen molar-refractivity contribution in [2.24, 2.45) is 0 Å². The fourth-order valence-electron chi connectivity index (χ4n) is 7.68. The number of nitrogens with zero attached hydrogens (tertiary/aromatic N) is 1. The van der Waals surface area contributed by atoms with E-state index in [4.69, 9.17) is 9.40 Å². The summed E-state index contributed by atoms with van der Waals surface area (Å²) in [5, 5.41) is 5.15. The third kappa shape index (κ3) is 5.18. The predicted octanol–water partition coefficient (Wildman–Crippen LogP) is 14.9. The van der Waals surface area contributed by atoms with Crippen molar-refractivity contribution in [1.82, 2.24) is 4.98 Å². The summed E-state index contributed by atoms with van der Waals surface area (Å²) in [5.74, 6) is 0.606. The van der Waals surface area contributed by atoms with Gasteiger partial charge in [0.1, 0.15) is 5.52 Å². The highest BCUT2D eigenvalue weighted by Crippen LogP contribution is 2.42. The molecule has 0 saturated carbocycles. The molecular formula is C49H29NOS2. The zero-order valence-corrected chi connectivity index (χ0v) is 30.0. The molecule has 0 N–H and O–H groups in total. The Morgan fingerprint density at radius 1 is 0.340 bits per heavy atom. The number of fused-ring (bicyclic) bond motifs is 7. The quantitative estimate of drug-likeness (QED) is 0.178. The maximum absolute atomic E-state index is 6.78. The molecule has 0 bridgehead atoms. The van der Waals surface area contributed by atoms with Crippen LogP contribution in [0.4, 0.5) is 0 Å². The van der Waals surface area contributed by atoms with E-state index in [0.29, 0.717) is 5.89 Å². The molecule has 0 fully saturated rings. The standard InChI is InChI=1S/C49H29NOS2/c1-3-11-30(12-4-1)36-28-40(31-13-5-2-6-14-31)48-43(29-36)51-49(50-48)37-24-34(32-19-21-46-41(26-32)38-15-7-9-17-44(38)52-46)23-35(25-37)33-20-22-47-42(27-33)39-16-8-10-18-45(39)53-47/h1-29H. The molecule has 11 aromatic rings. The lowest BCUT2D eigenvalue weighted by Crippen LogP contribution is -1.87. The van der Waals surface area contributed by atoms with Crippen molar-refractivity contribution in [3.8, 4) is 56.0 Å². The van der Waals surface area contributed by atoms with Gasteiger partial charge in [0.25, 0.3) is 0 Å². The number of benzene rings is 8. The predicted molar refractivity (Wildman–Crippen MR) is 227 cm³/mol. The van der Waals surface area contributed by atoms with Gasteiger partial charge in [-0.3, -0.25) is 0 Å². The molecule has 3 heterocycles. The molecule has 0 spiro atoms. The molecule has 8 aromatic carbocycles. The zero-order valence-electron chi connectivity index (χ0n) is 28.4. The fourth-order valence-corrected chi connectivity index (χ4v) is 9.86. The minimum Gasteiger partial charge on any atom is -0.436 e. The van der Waals surface area contributed by atoms with E-state index in [1.54, 1.807) is 0 Å². The van der Waals surface area contributed by atoms with Gasteiger partial charge in [-0.2, -0.15) is 0 Å². The third-order valence-electron chi connectivity index (χ3n) is 10.3. The Hall–Kier alpha value is -6.33. The third-order valence-corrected chi connectivity index (χ3v) is 12.6. The maximum Gasteiger partial charge on any atom is 0.227 e. The molecule has 0 aliphatic carbocycles. The summed E-state index contributed by atoms with van der Waals surface area (Å²) in [5.41, 5.74) is 11.6. The van der Waals surface area contributed by atoms with Gasteiger partial charge in [-0.15, -0.1) is 22.7 Å². The van der Waals surface area contributed by atoms with E-state index in [0.717, 1.165) is 50.0 Å². The maximum atomic E-state index is 6.78. The Morgan fingerprint density at radius 2 is 0.830 bits per heavy atom. The van der Waals surface area contributed by atoms with Crippen LogP contribution in [0.1, 0.15) is 0 Å². The molecular weight excluding hydrogens is 683 g/mol. The van der Waals surface area contributed by atoms with Crippen LogP contribution in [0.5, 0.6) is 0 Å². The first-order valence-corrected chi connectivity index (χ1v) is 19.4. The molecule has 248 valence electrons. The summed E-state index contributed by atoms with van der Waals surface area (Å²) in [7, 11) is 0. The Kier molecular flexibility index (Phi) is 6.94. The van der Waals surface area contributed by atoms with Crippen molar-refractivity contribution in [2.75, 3.05) is 0 Å². The van der Waals surface area contributed by atoms with Gasteiger partial charge in [-0.05, 0) is 106 Å². The monoisotopic (exact) mass is 711 g/mol. The van der Waals surface area contributed by atoms with Crippen molar-refractivity contribution in [2.45, 2.75) is 0 Å². The van der Waals surface area contributed by atoms with Gasteiger partial charge >= 0.3 is 0 Å². The highest BCUT2D eigenvalue weighted by molar-refractivity contribution is 7.26. The van der Waals surface area contributed by atoms with E-state index >= 15 is 0 Å². The first-order chi connectivity index (χ1) is 26.2. The molecule has 0 amide bonds. The van der Waals surface area contributed by atoms with Crippen LogP contribution >= 0.6 is 22.7 Å². The molecule has 11 rings (SSSR count). The van der Waals surface area contributed by atoms with Crippen LogP contribution in [0, 0.1) is 0 Å². The molecule has 2 nitrogen and oxygen atoms in total. The van der Waals surface area contributed by atoms with Crippen molar-refractivity contribution in [3.05, 3.63) is 176 Å². The van der Waals surface area contributed by atoms with Gasteiger partial charge in [0.2, 0.25) is 5.89 Å². The molecule has 53 heavy (non-hydrogen) atoms. The van der Waals surface area contributed by atoms with Crippen LogP contribution in [-0.4, -0.2) is 4.98 Å². The number of aromatic nitrogens is 1. The van der Waals surface area contributed by atoms with E-state index in [9.17, 15) is 0 Å². The van der Waals surface area contributed by atoms with Gasteiger partial charge < -0.3 is 4.42 Å². The summed E-state index contributed by atoms with van der Waals surface area (Å²) < 4.78 is 12.0. The van der Waals surface area contributed by atoms with Crippen LogP contribution < -0.4 is 0 Å². The van der Waals surface area contributed by atoms with E-state index in [2.05, 4.69) is 176 Å². The number of oxazole rings is 1. The van der Waals surface area contributed by atoms with Crippen LogP contribution in [0.3, 0.4) is 0 Å². The van der Waals surface area contributed by atoms with Crippen LogP contribution in [0.2, 0.25) is 0 Å². The molecule has 0 aliphatic heterocycles. The Labute approximate surface area is 313 Å². The topological polar surface area (TPSA) is 26.0 Å². The molecule has 0 atom stereocenters. The lowest BCUT2D eigenvalue weighted by Gasteiger charge is -2.10. The molecule has 4 heteroatoms.